The summed E-state index contributed by atoms with van der Waals surface area (Å²) in [4.78, 5) is 11.7. The van der Waals surface area contributed by atoms with E-state index in [-0.39, 0.29) is 6.03 Å². The van der Waals surface area contributed by atoms with E-state index in [1.165, 1.54) is 19.3 Å². The first-order valence-electron chi connectivity index (χ1n) is 7.57. The van der Waals surface area contributed by atoms with Gasteiger partial charge in [0.2, 0.25) is 0 Å². The number of carbonyl (C=O) groups is 1. The summed E-state index contributed by atoms with van der Waals surface area (Å²) >= 11 is 0. The van der Waals surface area contributed by atoms with E-state index in [1.807, 2.05) is 43.3 Å². The van der Waals surface area contributed by atoms with Crippen LogP contribution in [0.25, 0.3) is 6.08 Å². The Morgan fingerprint density at radius 3 is 2.62 bits per heavy atom. The summed E-state index contributed by atoms with van der Waals surface area (Å²) in [6, 6.07) is 10.1. The van der Waals surface area contributed by atoms with E-state index in [1.54, 1.807) is 6.21 Å². The van der Waals surface area contributed by atoms with Gasteiger partial charge < -0.3 is 5.32 Å². The molecule has 0 radical (unpaired) electrons. The molecule has 2 rings (SSSR count). The number of allylic oxidation sites excluding steroid dienone is 1. The van der Waals surface area contributed by atoms with Gasteiger partial charge in [0.25, 0.3) is 0 Å². The molecule has 0 heterocycles. The number of hydrogen-bond acceptors (Lipinski definition) is 2. The number of urea groups is 1. The number of amides is 2. The summed E-state index contributed by atoms with van der Waals surface area (Å²) in [7, 11) is 0. The summed E-state index contributed by atoms with van der Waals surface area (Å²) in [6.45, 7) is 1.96. The Hall–Kier alpha value is -2.10. The first kappa shape index (κ1) is 15.3. The number of rotatable bonds is 4. The lowest BCUT2D eigenvalue weighted by Crippen LogP contribution is -2.41. The first-order chi connectivity index (χ1) is 10.2. The average molecular weight is 285 g/mol. The van der Waals surface area contributed by atoms with E-state index < -0.39 is 0 Å². The van der Waals surface area contributed by atoms with E-state index in [2.05, 4.69) is 15.8 Å². The number of nitrogens with one attached hydrogen (secondary N) is 2. The van der Waals surface area contributed by atoms with E-state index in [9.17, 15) is 4.79 Å². The number of benzene rings is 1. The van der Waals surface area contributed by atoms with Crippen LogP contribution < -0.4 is 10.7 Å². The third-order valence-electron chi connectivity index (χ3n) is 3.57. The minimum Gasteiger partial charge on any atom is -0.334 e. The predicted octanol–water partition coefficient (Wildman–Crippen LogP) is 3.71. The molecule has 1 aliphatic carbocycles. The molecule has 112 valence electrons. The Morgan fingerprint density at radius 1 is 1.19 bits per heavy atom. The monoisotopic (exact) mass is 285 g/mol. The number of hydrogen-bond donors (Lipinski definition) is 2. The van der Waals surface area contributed by atoms with Gasteiger partial charge in [-0.2, -0.15) is 5.10 Å². The van der Waals surface area contributed by atoms with Crippen molar-refractivity contribution in [3.63, 3.8) is 0 Å². The van der Waals surface area contributed by atoms with Gasteiger partial charge in [-0.05, 0) is 30.9 Å². The Labute approximate surface area is 126 Å². The Morgan fingerprint density at radius 2 is 1.90 bits per heavy atom. The highest BCUT2D eigenvalue weighted by Gasteiger charge is 2.14. The lowest BCUT2D eigenvalue weighted by molar-refractivity contribution is 0.233. The van der Waals surface area contributed by atoms with Crippen molar-refractivity contribution in [3.8, 4) is 0 Å². The van der Waals surface area contributed by atoms with Gasteiger partial charge in [-0.15, -0.1) is 0 Å². The molecular formula is C17H23N3O. The van der Waals surface area contributed by atoms with E-state index >= 15 is 0 Å². The zero-order chi connectivity index (χ0) is 14.9. The van der Waals surface area contributed by atoms with Gasteiger partial charge >= 0.3 is 6.03 Å². The minimum absolute atomic E-state index is 0.217. The fourth-order valence-electron chi connectivity index (χ4n) is 2.51. The molecular weight excluding hydrogens is 262 g/mol. The van der Waals surface area contributed by atoms with Gasteiger partial charge in [0.05, 0.1) is 6.21 Å². The molecule has 0 unspecified atom stereocenters. The molecule has 1 saturated carbocycles. The molecule has 0 atom stereocenters. The van der Waals surface area contributed by atoms with Crippen molar-refractivity contribution in [3.05, 3.63) is 41.5 Å². The normalized spacial score (nSPS) is 16.9. The van der Waals surface area contributed by atoms with Gasteiger partial charge in [0, 0.05) is 6.04 Å². The number of carbonyl (C=O) groups excluding carboxylic acids is 1. The van der Waals surface area contributed by atoms with Crippen LogP contribution in [0.3, 0.4) is 0 Å². The van der Waals surface area contributed by atoms with E-state index in [0.29, 0.717) is 6.04 Å². The fraction of sp³-hybridized carbons (Fsp3) is 0.412. The lowest BCUT2D eigenvalue weighted by atomic mass is 9.96. The standard InChI is InChI=1S/C17H23N3O/c1-14(12-15-8-4-2-5-9-15)13-18-20-17(21)19-16-10-6-3-7-11-16/h2,4-5,8-9,12-13,16H,3,6-7,10-11H2,1H3,(H2,19,20,21)/b14-12+,18-13+. The van der Waals surface area contributed by atoms with Gasteiger partial charge in [0.1, 0.15) is 0 Å². The van der Waals surface area contributed by atoms with E-state index in [4.69, 9.17) is 0 Å². The van der Waals surface area contributed by atoms with Gasteiger partial charge in [-0.3, -0.25) is 0 Å². The van der Waals surface area contributed by atoms with Crippen molar-refractivity contribution in [2.45, 2.75) is 45.1 Å². The quantitative estimate of drug-likeness (QED) is 0.643. The van der Waals surface area contributed by atoms with Crippen molar-refractivity contribution >= 4 is 18.3 Å². The molecule has 2 N–H and O–H groups in total. The first-order valence-corrected chi connectivity index (χ1v) is 7.57. The zero-order valence-electron chi connectivity index (χ0n) is 12.5. The summed E-state index contributed by atoms with van der Waals surface area (Å²) in [6.07, 6.45) is 9.51. The molecule has 0 aliphatic heterocycles. The molecule has 2 amide bonds. The van der Waals surface area contributed by atoms with Crippen molar-refractivity contribution < 1.29 is 4.79 Å². The molecule has 1 aromatic carbocycles. The van der Waals surface area contributed by atoms with E-state index in [0.717, 1.165) is 24.0 Å². The van der Waals surface area contributed by atoms with Crippen LogP contribution >= 0.6 is 0 Å². The molecule has 4 nitrogen and oxygen atoms in total. The molecule has 0 bridgehead atoms. The molecule has 1 aliphatic rings. The maximum atomic E-state index is 11.7. The maximum absolute atomic E-state index is 11.7. The van der Waals surface area contributed by atoms with Crippen molar-refractivity contribution in [1.29, 1.82) is 0 Å². The highest BCUT2D eigenvalue weighted by Crippen LogP contribution is 2.17. The molecule has 1 fully saturated rings. The average Bonchev–Trinajstić information content (AvgIpc) is 2.49. The van der Waals surface area contributed by atoms with Gasteiger partial charge in [0.15, 0.2) is 0 Å². The molecule has 1 aromatic rings. The summed E-state index contributed by atoms with van der Waals surface area (Å²) in [5.41, 5.74) is 4.63. The van der Waals surface area contributed by atoms with Crippen LogP contribution in [-0.2, 0) is 0 Å². The predicted molar refractivity (Wildman–Crippen MR) is 87.1 cm³/mol. The third-order valence-corrected chi connectivity index (χ3v) is 3.57. The SMILES string of the molecule is CC(/C=N/NC(=O)NC1CCCCC1)=C\c1ccccc1. The number of hydrazone groups is 1. The zero-order valence-corrected chi connectivity index (χ0v) is 12.5. The van der Waals surface area contributed by atoms with Crippen LogP contribution in [0.2, 0.25) is 0 Å². The minimum atomic E-state index is -0.217. The summed E-state index contributed by atoms with van der Waals surface area (Å²) in [5.74, 6) is 0. The molecule has 21 heavy (non-hydrogen) atoms. The van der Waals surface area contributed by atoms with Gasteiger partial charge in [-0.25, -0.2) is 10.2 Å². The molecule has 4 heteroatoms. The Kier molecular flexibility index (Phi) is 6.00. The smallest absolute Gasteiger partial charge is 0.334 e. The van der Waals surface area contributed by atoms with Crippen LogP contribution in [0, 0.1) is 0 Å². The highest BCUT2D eigenvalue weighted by molar-refractivity contribution is 5.85. The van der Waals surface area contributed by atoms with Crippen LogP contribution in [0.15, 0.2) is 41.0 Å². The Balaban J connectivity index is 1.76. The molecule has 0 saturated heterocycles. The van der Waals surface area contributed by atoms with Crippen LogP contribution in [-0.4, -0.2) is 18.3 Å². The fourth-order valence-corrected chi connectivity index (χ4v) is 2.51. The molecule has 0 spiro atoms. The second-order valence-corrected chi connectivity index (χ2v) is 5.48. The molecule has 0 aromatic heterocycles. The van der Waals surface area contributed by atoms with Crippen LogP contribution in [0.5, 0.6) is 0 Å². The Bertz CT molecular complexity index is 502. The second kappa shape index (κ2) is 8.25. The van der Waals surface area contributed by atoms with Crippen molar-refractivity contribution in [2.24, 2.45) is 5.10 Å². The van der Waals surface area contributed by atoms with Gasteiger partial charge in [-0.1, -0.05) is 55.7 Å². The van der Waals surface area contributed by atoms with Crippen LogP contribution in [0.4, 0.5) is 4.79 Å². The largest absolute Gasteiger partial charge is 0.335 e. The third kappa shape index (κ3) is 5.81. The van der Waals surface area contributed by atoms with Crippen LogP contribution in [0.1, 0.15) is 44.6 Å². The number of nitrogens with zero attached hydrogens (tertiary/aromatic N) is 1. The van der Waals surface area contributed by atoms with Crippen molar-refractivity contribution in [1.82, 2.24) is 10.7 Å². The second-order valence-electron chi connectivity index (χ2n) is 5.48. The highest BCUT2D eigenvalue weighted by atomic mass is 16.2. The maximum Gasteiger partial charge on any atom is 0.335 e. The summed E-state index contributed by atoms with van der Waals surface area (Å²) < 4.78 is 0. The lowest BCUT2D eigenvalue weighted by Gasteiger charge is -2.22. The summed E-state index contributed by atoms with van der Waals surface area (Å²) in [5, 5.41) is 6.94. The van der Waals surface area contributed by atoms with Crippen molar-refractivity contribution in [2.75, 3.05) is 0 Å². The topological polar surface area (TPSA) is 53.5 Å².